The van der Waals surface area contributed by atoms with Gasteiger partial charge in [-0.2, -0.15) is 13.2 Å². The number of benzene rings is 2. The molecule has 1 saturated heterocycles. The van der Waals surface area contributed by atoms with Gasteiger partial charge in [0.1, 0.15) is 5.82 Å². The summed E-state index contributed by atoms with van der Waals surface area (Å²) in [5.41, 5.74) is 0.961. The van der Waals surface area contributed by atoms with Gasteiger partial charge in [-0.15, -0.1) is 0 Å². The molecule has 9 heteroatoms. The van der Waals surface area contributed by atoms with Crippen LogP contribution in [-0.2, 0) is 22.2 Å². The zero-order chi connectivity index (χ0) is 26.8. The van der Waals surface area contributed by atoms with Crippen LogP contribution in [0.25, 0.3) is 10.9 Å². The summed E-state index contributed by atoms with van der Waals surface area (Å²) in [6, 6.07) is 14.3. The number of fused-ring (bicyclic) bond motifs is 1. The summed E-state index contributed by atoms with van der Waals surface area (Å²) in [6.07, 6.45) is -3.01. The smallest absolute Gasteiger partial charge is 0.354 e. The highest BCUT2D eigenvalue weighted by Gasteiger charge is 2.30. The molecular weight excluding hydrogens is 481 g/mol. The minimum atomic E-state index is -4.37. The van der Waals surface area contributed by atoms with E-state index in [1.165, 1.54) is 12.1 Å². The molecule has 0 aliphatic carbocycles. The highest BCUT2D eigenvalue weighted by atomic mass is 19.4. The molecular formula is C28H31F3N4O2. The van der Waals surface area contributed by atoms with Crippen LogP contribution in [0.15, 0.2) is 54.6 Å². The average molecular weight is 513 g/mol. The van der Waals surface area contributed by atoms with Crippen LogP contribution in [0.2, 0.25) is 0 Å². The largest absolute Gasteiger partial charge is 0.416 e. The van der Waals surface area contributed by atoms with Crippen molar-refractivity contribution < 1.29 is 22.8 Å². The fraction of sp³-hybridized carbons (Fsp3) is 0.393. The van der Waals surface area contributed by atoms with Gasteiger partial charge in [-0.1, -0.05) is 32.9 Å². The van der Waals surface area contributed by atoms with E-state index in [-0.39, 0.29) is 24.3 Å². The van der Waals surface area contributed by atoms with Crippen molar-refractivity contribution in [3.63, 3.8) is 0 Å². The third-order valence-corrected chi connectivity index (χ3v) is 6.41. The molecule has 2 N–H and O–H groups in total. The number of hydrogen-bond donors (Lipinski definition) is 2. The lowest BCUT2D eigenvalue weighted by Gasteiger charge is -2.22. The standard InChI is InChI=1S/C28H31F3N4O2/c1-27(2,3)26(37)33-22-14-15-35(17-22)24-12-7-19-16-21(10-11-23(19)34-24)32-25(36)13-6-18-4-8-20(9-5-18)28(29,30)31/h4-5,7-12,16,22H,6,13-15,17H2,1-3H3,(H,32,36)(H,33,37)/t22-/m1/s1. The lowest BCUT2D eigenvalue weighted by atomic mass is 9.95. The summed E-state index contributed by atoms with van der Waals surface area (Å²) in [5.74, 6) is 0.664. The lowest BCUT2D eigenvalue weighted by Crippen LogP contribution is -2.43. The highest BCUT2D eigenvalue weighted by Crippen LogP contribution is 2.29. The van der Waals surface area contributed by atoms with Gasteiger partial charge in [-0.25, -0.2) is 4.98 Å². The number of carbonyl (C=O) groups excluding carboxylic acids is 2. The number of nitrogens with zero attached hydrogens (tertiary/aromatic N) is 2. The SMILES string of the molecule is CC(C)(C)C(=O)N[C@@H]1CCN(c2ccc3cc(NC(=O)CCc4ccc(C(F)(F)F)cc4)ccc3n2)C1. The molecule has 1 aliphatic rings. The second kappa shape index (κ2) is 10.4. The number of carbonyl (C=O) groups is 2. The van der Waals surface area contributed by atoms with E-state index in [0.717, 1.165) is 41.8 Å². The van der Waals surface area contributed by atoms with E-state index >= 15 is 0 Å². The number of aryl methyl sites for hydroxylation is 1. The number of hydrogen-bond acceptors (Lipinski definition) is 4. The third kappa shape index (κ3) is 6.78. The van der Waals surface area contributed by atoms with Gasteiger partial charge in [0, 0.05) is 42.0 Å². The number of nitrogens with one attached hydrogen (secondary N) is 2. The second-order valence-electron chi connectivity index (χ2n) is 10.5. The van der Waals surface area contributed by atoms with E-state index in [1.54, 1.807) is 6.07 Å². The molecule has 0 spiro atoms. The van der Waals surface area contributed by atoms with Gasteiger partial charge in [-0.3, -0.25) is 9.59 Å². The zero-order valence-electron chi connectivity index (χ0n) is 21.2. The van der Waals surface area contributed by atoms with Crippen LogP contribution >= 0.6 is 0 Å². The first-order chi connectivity index (χ1) is 17.4. The maximum atomic E-state index is 12.7. The maximum Gasteiger partial charge on any atom is 0.416 e. The van der Waals surface area contributed by atoms with Crippen LogP contribution in [0.4, 0.5) is 24.7 Å². The number of rotatable bonds is 6. The Hall–Kier alpha value is -3.62. The van der Waals surface area contributed by atoms with Gasteiger partial charge >= 0.3 is 6.18 Å². The summed E-state index contributed by atoms with van der Waals surface area (Å²) in [7, 11) is 0. The van der Waals surface area contributed by atoms with Crippen LogP contribution in [0, 0.1) is 5.41 Å². The quantitative estimate of drug-likeness (QED) is 0.453. The van der Waals surface area contributed by atoms with Crippen LogP contribution < -0.4 is 15.5 Å². The summed E-state index contributed by atoms with van der Waals surface area (Å²) < 4.78 is 38.1. The number of aromatic nitrogens is 1. The van der Waals surface area contributed by atoms with Crippen molar-refractivity contribution in [2.75, 3.05) is 23.3 Å². The Morgan fingerprint density at radius 1 is 1.03 bits per heavy atom. The van der Waals surface area contributed by atoms with Crippen molar-refractivity contribution in [1.82, 2.24) is 10.3 Å². The Balaban J connectivity index is 1.33. The normalized spacial score (nSPS) is 16.2. The first kappa shape index (κ1) is 26.4. The van der Waals surface area contributed by atoms with Gasteiger partial charge in [0.25, 0.3) is 0 Å². The molecule has 4 rings (SSSR count). The first-order valence-electron chi connectivity index (χ1n) is 12.3. The fourth-order valence-corrected chi connectivity index (χ4v) is 4.20. The average Bonchev–Trinajstić information content (AvgIpc) is 3.30. The Labute approximate surface area is 214 Å². The second-order valence-corrected chi connectivity index (χ2v) is 10.5. The predicted octanol–water partition coefficient (Wildman–Crippen LogP) is 5.57. The molecule has 1 atom stereocenters. The number of amides is 2. The van der Waals surface area contributed by atoms with Gasteiger partial charge in [0.05, 0.1) is 11.1 Å². The molecule has 0 radical (unpaired) electrons. The molecule has 2 aromatic carbocycles. The number of halogens is 3. The Morgan fingerprint density at radius 3 is 2.43 bits per heavy atom. The lowest BCUT2D eigenvalue weighted by molar-refractivity contribution is -0.137. The van der Waals surface area contributed by atoms with Crippen LogP contribution in [0.5, 0.6) is 0 Å². The molecule has 6 nitrogen and oxygen atoms in total. The highest BCUT2D eigenvalue weighted by molar-refractivity contribution is 5.94. The van der Waals surface area contributed by atoms with Gasteiger partial charge in [-0.05, 0) is 60.9 Å². The molecule has 1 aromatic heterocycles. The van der Waals surface area contributed by atoms with Crippen molar-refractivity contribution in [1.29, 1.82) is 0 Å². The number of anilines is 2. The van der Waals surface area contributed by atoms with E-state index in [2.05, 4.69) is 15.5 Å². The van der Waals surface area contributed by atoms with E-state index in [0.29, 0.717) is 24.2 Å². The Morgan fingerprint density at radius 2 is 1.76 bits per heavy atom. The fourth-order valence-electron chi connectivity index (χ4n) is 4.20. The van der Waals surface area contributed by atoms with Crippen molar-refractivity contribution in [2.24, 2.45) is 5.41 Å². The van der Waals surface area contributed by atoms with E-state index in [1.807, 2.05) is 45.0 Å². The summed E-state index contributed by atoms with van der Waals surface area (Å²) >= 11 is 0. The van der Waals surface area contributed by atoms with E-state index in [9.17, 15) is 22.8 Å². The minimum absolute atomic E-state index is 0.0414. The van der Waals surface area contributed by atoms with Crippen molar-refractivity contribution in [3.05, 3.63) is 65.7 Å². The van der Waals surface area contributed by atoms with Gasteiger partial charge < -0.3 is 15.5 Å². The first-order valence-corrected chi connectivity index (χ1v) is 12.3. The number of pyridine rings is 1. The topological polar surface area (TPSA) is 74.3 Å². The van der Waals surface area contributed by atoms with Crippen molar-refractivity contribution >= 4 is 34.2 Å². The van der Waals surface area contributed by atoms with Crippen LogP contribution in [-0.4, -0.2) is 35.9 Å². The van der Waals surface area contributed by atoms with Crippen molar-refractivity contribution in [3.8, 4) is 0 Å². The maximum absolute atomic E-state index is 12.7. The molecule has 196 valence electrons. The van der Waals surface area contributed by atoms with Crippen LogP contribution in [0.1, 0.15) is 44.7 Å². The molecule has 37 heavy (non-hydrogen) atoms. The number of alkyl halides is 3. The molecule has 0 bridgehead atoms. The van der Waals surface area contributed by atoms with Gasteiger partial charge in [0.2, 0.25) is 11.8 Å². The molecule has 0 unspecified atom stereocenters. The summed E-state index contributed by atoms with van der Waals surface area (Å²) in [6.45, 7) is 7.20. The monoisotopic (exact) mass is 512 g/mol. The molecule has 3 aromatic rings. The van der Waals surface area contributed by atoms with E-state index < -0.39 is 17.2 Å². The molecule has 1 fully saturated rings. The minimum Gasteiger partial charge on any atom is -0.354 e. The Bertz CT molecular complexity index is 1280. The molecule has 2 amide bonds. The molecule has 1 aliphatic heterocycles. The summed E-state index contributed by atoms with van der Waals surface area (Å²) in [5, 5.41) is 6.84. The third-order valence-electron chi connectivity index (χ3n) is 6.41. The predicted molar refractivity (Wildman–Crippen MR) is 138 cm³/mol. The van der Waals surface area contributed by atoms with Crippen molar-refractivity contribution in [2.45, 2.75) is 52.3 Å². The van der Waals surface area contributed by atoms with Gasteiger partial charge in [0.15, 0.2) is 0 Å². The molecule has 2 heterocycles. The summed E-state index contributed by atoms with van der Waals surface area (Å²) in [4.78, 5) is 31.6. The Kier molecular flexibility index (Phi) is 7.43. The van der Waals surface area contributed by atoms with E-state index in [4.69, 9.17) is 4.98 Å². The molecule has 0 saturated carbocycles. The zero-order valence-corrected chi connectivity index (χ0v) is 21.2. The van der Waals surface area contributed by atoms with Crippen LogP contribution in [0.3, 0.4) is 0 Å².